The minimum Gasteiger partial charge on any atom is -0.341 e. The Morgan fingerprint density at radius 3 is 2.96 bits per heavy atom. The molecule has 1 N–H and O–H groups in total. The second-order valence-electron chi connectivity index (χ2n) is 6.36. The van der Waals surface area contributed by atoms with Crippen LogP contribution in [0.1, 0.15) is 23.5 Å². The second kappa shape index (κ2) is 7.36. The summed E-state index contributed by atoms with van der Waals surface area (Å²) in [6.45, 7) is 4.22. The van der Waals surface area contributed by atoms with Crippen molar-refractivity contribution in [2.75, 3.05) is 13.1 Å². The summed E-state index contributed by atoms with van der Waals surface area (Å²) in [4.78, 5) is 18.4. The van der Waals surface area contributed by atoms with E-state index in [0.29, 0.717) is 6.42 Å². The first-order valence-corrected chi connectivity index (χ1v) is 8.63. The fraction of sp³-hybridized carbons (Fsp3) is 0.444. The SMILES string of the molecule is Cc1ncc(CNC2CC(=O)N(CCc3cccc(Cl)c3)C2)n1C. The van der Waals surface area contributed by atoms with Crippen LogP contribution in [0.4, 0.5) is 0 Å². The van der Waals surface area contributed by atoms with Gasteiger partial charge in [0, 0.05) is 50.4 Å². The number of aryl methyl sites for hydroxylation is 1. The minimum atomic E-state index is 0.201. The number of hydrogen-bond acceptors (Lipinski definition) is 3. The molecule has 2 aromatic rings. The molecule has 0 saturated carbocycles. The Balaban J connectivity index is 1.49. The fourth-order valence-electron chi connectivity index (χ4n) is 3.04. The average molecular weight is 347 g/mol. The highest BCUT2D eigenvalue weighted by molar-refractivity contribution is 6.30. The summed E-state index contributed by atoms with van der Waals surface area (Å²) in [5, 5.41) is 4.22. The number of aromatic nitrogens is 2. The van der Waals surface area contributed by atoms with E-state index in [-0.39, 0.29) is 11.9 Å². The van der Waals surface area contributed by atoms with Gasteiger partial charge in [0.1, 0.15) is 5.82 Å². The first-order valence-electron chi connectivity index (χ1n) is 8.25. The number of carbonyl (C=O) groups is 1. The van der Waals surface area contributed by atoms with Gasteiger partial charge in [-0.2, -0.15) is 0 Å². The molecule has 1 unspecified atom stereocenters. The zero-order valence-corrected chi connectivity index (χ0v) is 14.9. The van der Waals surface area contributed by atoms with Crippen molar-refractivity contribution in [3.8, 4) is 0 Å². The van der Waals surface area contributed by atoms with E-state index in [1.807, 2.05) is 49.3 Å². The van der Waals surface area contributed by atoms with Gasteiger partial charge < -0.3 is 14.8 Å². The van der Waals surface area contributed by atoms with Crippen molar-refractivity contribution in [1.82, 2.24) is 19.8 Å². The lowest BCUT2D eigenvalue weighted by Gasteiger charge is -2.17. The monoisotopic (exact) mass is 346 g/mol. The summed E-state index contributed by atoms with van der Waals surface area (Å²) in [5.74, 6) is 1.22. The van der Waals surface area contributed by atoms with Crippen molar-refractivity contribution in [3.05, 3.63) is 52.6 Å². The maximum atomic E-state index is 12.2. The van der Waals surface area contributed by atoms with E-state index in [9.17, 15) is 4.79 Å². The Kier molecular flexibility index (Phi) is 5.21. The molecule has 6 heteroatoms. The lowest BCUT2D eigenvalue weighted by atomic mass is 10.1. The summed E-state index contributed by atoms with van der Waals surface area (Å²) < 4.78 is 2.07. The van der Waals surface area contributed by atoms with Crippen LogP contribution in [-0.2, 0) is 24.8 Å². The van der Waals surface area contributed by atoms with Gasteiger partial charge in [-0.15, -0.1) is 0 Å². The van der Waals surface area contributed by atoms with Crippen LogP contribution in [0.15, 0.2) is 30.5 Å². The van der Waals surface area contributed by atoms with Gasteiger partial charge in [0.25, 0.3) is 0 Å². The number of imidazole rings is 1. The third-order valence-electron chi connectivity index (χ3n) is 4.66. The van der Waals surface area contributed by atoms with Crippen LogP contribution >= 0.6 is 11.6 Å². The highest BCUT2D eigenvalue weighted by Gasteiger charge is 2.28. The molecule has 1 saturated heterocycles. The molecule has 24 heavy (non-hydrogen) atoms. The molecule has 0 radical (unpaired) electrons. The first kappa shape index (κ1) is 17.0. The lowest BCUT2D eigenvalue weighted by Crippen LogP contribution is -2.33. The Morgan fingerprint density at radius 2 is 2.25 bits per heavy atom. The molecule has 3 rings (SSSR count). The first-order chi connectivity index (χ1) is 11.5. The molecule has 0 spiro atoms. The van der Waals surface area contributed by atoms with E-state index in [2.05, 4.69) is 14.9 Å². The molecule has 1 aliphatic heterocycles. The van der Waals surface area contributed by atoms with Gasteiger partial charge in [-0.3, -0.25) is 4.79 Å². The Bertz CT molecular complexity index is 728. The third kappa shape index (κ3) is 3.97. The van der Waals surface area contributed by atoms with Crippen molar-refractivity contribution >= 4 is 17.5 Å². The summed E-state index contributed by atoms with van der Waals surface area (Å²) in [6.07, 6.45) is 3.28. The number of hydrogen-bond donors (Lipinski definition) is 1. The Labute approximate surface area is 147 Å². The highest BCUT2D eigenvalue weighted by atomic mass is 35.5. The number of carbonyl (C=O) groups excluding carboxylic acids is 1. The van der Waals surface area contributed by atoms with Gasteiger partial charge in [0.05, 0.1) is 5.69 Å². The summed E-state index contributed by atoms with van der Waals surface area (Å²) >= 11 is 6.01. The number of nitrogens with zero attached hydrogens (tertiary/aromatic N) is 3. The van der Waals surface area contributed by atoms with Crippen LogP contribution in [0.25, 0.3) is 0 Å². The van der Waals surface area contributed by atoms with E-state index < -0.39 is 0 Å². The highest BCUT2D eigenvalue weighted by Crippen LogP contribution is 2.15. The van der Waals surface area contributed by atoms with E-state index in [1.165, 1.54) is 0 Å². The molecule has 5 nitrogen and oxygen atoms in total. The van der Waals surface area contributed by atoms with Crippen molar-refractivity contribution in [2.24, 2.45) is 7.05 Å². The van der Waals surface area contributed by atoms with Crippen molar-refractivity contribution < 1.29 is 4.79 Å². The molecule has 1 aromatic carbocycles. The summed E-state index contributed by atoms with van der Waals surface area (Å²) in [6, 6.07) is 8.03. The number of likely N-dealkylation sites (tertiary alicyclic amines) is 1. The van der Waals surface area contributed by atoms with E-state index in [4.69, 9.17) is 11.6 Å². The molecular weight excluding hydrogens is 324 g/mol. The van der Waals surface area contributed by atoms with Gasteiger partial charge in [-0.05, 0) is 31.0 Å². The van der Waals surface area contributed by atoms with Crippen LogP contribution in [0.5, 0.6) is 0 Å². The molecule has 128 valence electrons. The van der Waals surface area contributed by atoms with Crippen molar-refractivity contribution in [1.29, 1.82) is 0 Å². The molecule has 0 bridgehead atoms. The molecule has 1 aromatic heterocycles. The number of amides is 1. The van der Waals surface area contributed by atoms with Crippen molar-refractivity contribution in [2.45, 2.75) is 32.4 Å². The van der Waals surface area contributed by atoms with Crippen LogP contribution < -0.4 is 5.32 Å². The predicted octanol–water partition coefficient (Wildman–Crippen LogP) is 2.32. The quantitative estimate of drug-likeness (QED) is 0.873. The fourth-order valence-corrected chi connectivity index (χ4v) is 3.26. The Morgan fingerprint density at radius 1 is 1.42 bits per heavy atom. The number of nitrogens with one attached hydrogen (secondary N) is 1. The maximum absolute atomic E-state index is 12.2. The van der Waals surface area contributed by atoms with Crippen molar-refractivity contribution in [3.63, 3.8) is 0 Å². The topological polar surface area (TPSA) is 50.2 Å². The van der Waals surface area contributed by atoms with Gasteiger partial charge in [0.2, 0.25) is 5.91 Å². The van der Waals surface area contributed by atoms with Gasteiger partial charge in [-0.1, -0.05) is 23.7 Å². The van der Waals surface area contributed by atoms with Crippen LogP contribution in [0, 0.1) is 6.92 Å². The van der Waals surface area contributed by atoms with Gasteiger partial charge >= 0.3 is 0 Å². The third-order valence-corrected chi connectivity index (χ3v) is 4.90. The standard InChI is InChI=1S/C18H23ClN4O/c1-13-20-10-17(22(13)2)11-21-16-9-18(24)23(12-16)7-6-14-4-3-5-15(19)8-14/h3-5,8,10,16,21H,6-7,9,11-12H2,1-2H3. The molecule has 0 aliphatic carbocycles. The van der Waals surface area contributed by atoms with E-state index in [1.54, 1.807) is 0 Å². The van der Waals surface area contributed by atoms with Crippen LogP contribution in [0.2, 0.25) is 5.02 Å². The minimum absolute atomic E-state index is 0.201. The molecule has 2 heterocycles. The predicted molar refractivity (Wildman–Crippen MR) is 94.9 cm³/mol. The second-order valence-corrected chi connectivity index (χ2v) is 6.79. The molecule has 1 aliphatic rings. The van der Waals surface area contributed by atoms with Crippen LogP contribution in [-0.4, -0.2) is 39.5 Å². The molecule has 1 fully saturated rings. The Hall–Kier alpha value is -1.85. The van der Waals surface area contributed by atoms with E-state index in [0.717, 1.165) is 48.2 Å². The zero-order valence-electron chi connectivity index (χ0n) is 14.1. The largest absolute Gasteiger partial charge is 0.341 e. The van der Waals surface area contributed by atoms with E-state index >= 15 is 0 Å². The summed E-state index contributed by atoms with van der Waals surface area (Å²) in [5.41, 5.74) is 2.30. The average Bonchev–Trinajstić information content (AvgIpc) is 3.07. The maximum Gasteiger partial charge on any atom is 0.224 e. The van der Waals surface area contributed by atoms with Crippen LogP contribution in [0.3, 0.4) is 0 Å². The van der Waals surface area contributed by atoms with Gasteiger partial charge in [0.15, 0.2) is 0 Å². The summed E-state index contributed by atoms with van der Waals surface area (Å²) in [7, 11) is 2.01. The molecule has 1 amide bonds. The number of benzene rings is 1. The number of halogens is 1. The smallest absolute Gasteiger partial charge is 0.224 e. The van der Waals surface area contributed by atoms with Gasteiger partial charge in [-0.25, -0.2) is 4.98 Å². The normalized spacial score (nSPS) is 17.7. The molecular formula is C18H23ClN4O. The molecule has 1 atom stereocenters. The zero-order chi connectivity index (χ0) is 17.1. The lowest BCUT2D eigenvalue weighted by molar-refractivity contribution is -0.127. The number of rotatable bonds is 6.